The van der Waals surface area contributed by atoms with Crippen LogP contribution in [0.3, 0.4) is 0 Å². The zero-order valence-electron chi connectivity index (χ0n) is 14.0. The van der Waals surface area contributed by atoms with Gasteiger partial charge in [0.15, 0.2) is 0 Å². The topological polar surface area (TPSA) is 38.8 Å². The first-order chi connectivity index (χ1) is 11.8. The number of thiophene rings is 1. The van der Waals surface area contributed by atoms with Crippen LogP contribution < -0.4 is 9.47 Å². The van der Waals surface area contributed by atoms with E-state index in [0.29, 0.717) is 6.61 Å². The van der Waals surface area contributed by atoms with E-state index in [-0.39, 0.29) is 5.91 Å². The maximum atomic E-state index is 12.6. The summed E-state index contributed by atoms with van der Waals surface area (Å²) in [7, 11) is 1.64. The van der Waals surface area contributed by atoms with Crippen molar-refractivity contribution in [3.05, 3.63) is 46.2 Å². The molecule has 0 spiro atoms. The fourth-order valence-electron chi connectivity index (χ4n) is 2.83. The Morgan fingerprint density at radius 2 is 1.75 bits per heavy atom. The summed E-state index contributed by atoms with van der Waals surface area (Å²) in [6, 6.07) is 9.47. The van der Waals surface area contributed by atoms with Crippen molar-refractivity contribution in [1.29, 1.82) is 0 Å². The van der Waals surface area contributed by atoms with Gasteiger partial charge in [0.05, 0.1) is 12.0 Å². The van der Waals surface area contributed by atoms with Crippen LogP contribution in [-0.2, 0) is 6.61 Å². The van der Waals surface area contributed by atoms with Gasteiger partial charge in [0, 0.05) is 18.7 Å². The molecule has 0 unspecified atom stereocenters. The van der Waals surface area contributed by atoms with E-state index in [1.54, 1.807) is 7.11 Å². The molecule has 0 N–H and O–H groups in total. The van der Waals surface area contributed by atoms with Crippen molar-refractivity contribution in [3.63, 3.8) is 0 Å². The van der Waals surface area contributed by atoms with Crippen LogP contribution in [0.1, 0.15) is 40.9 Å². The number of methoxy groups -OCH3 is 1. The van der Waals surface area contributed by atoms with Crippen LogP contribution in [0.15, 0.2) is 35.7 Å². The summed E-state index contributed by atoms with van der Waals surface area (Å²) in [6.07, 6.45) is 4.69. The number of benzene rings is 1. The van der Waals surface area contributed by atoms with Gasteiger partial charge in [0.1, 0.15) is 18.1 Å². The molecular weight excluding hydrogens is 322 g/mol. The quantitative estimate of drug-likeness (QED) is 0.808. The largest absolute Gasteiger partial charge is 0.497 e. The first-order valence-corrected chi connectivity index (χ1v) is 9.28. The second-order valence-corrected chi connectivity index (χ2v) is 6.90. The lowest BCUT2D eigenvalue weighted by Crippen LogP contribution is -2.31. The van der Waals surface area contributed by atoms with Gasteiger partial charge in [-0.3, -0.25) is 4.79 Å². The van der Waals surface area contributed by atoms with Crippen LogP contribution in [0, 0.1) is 0 Å². The lowest BCUT2D eigenvalue weighted by atomic mass is 10.2. The zero-order chi connectivity index (χ0) is 16.8. The highest BCUT2D eigenvalue weighted by molar-refractivity contribution is 7.12. The minimum Gasteiger partial charge on any atom is -0.497 e. The first-order valence-electron chi connectivity index (χ1n) is 8.40. The van der Waals surface area contributed by atoms with Gasteiger partial charge < -0.3 is 14.4 Å². The molecule has 4 nitrogen and oxygen atoms in total. The van der Waals surface area contributed by atoms with Crippen LogP contribution in [0.25, 0.3) is 0 Å². The van der Waals surface area contributed by atoms with Gasteiger partial charge in [0.2, 0.25) is 0 Å². The van der Waals surface area contributed by atoms with Gasteiger partial charge in [-0.15, -0.1) is 11.3 Å². The molecule has 0 bridgehead atoms. The first kappa shape index (κ1) is 16.8. The second-order valence-electron chi connectivity index (χ2n) is 5.99. The number of ether oxygens (including phenoxy) is 2. The summed E-state index contributed by atoms with van der Waals surface area (Å²) in [5, 5.41) is 2.01. The van der Waals surface area contributed by atoms with E-state index < -0.39 is 0 Å². The number of nitrogens with zero attached hydrogens (tertiary/aromatic N) is 1. The standard InChI is InChI=1S/C19H23NO3S/c1-22-16-6-8-17(9-7-16)23-13-15-12-18(24-14-15)19(21)20-10-4-2-3-5-11-20/h6-9,12,14H,2-5,10-11,13H2,1H3. The van der Waals surface area contributed by atoms with Crippen molar-refractivity contribution < 1.29 is 14.3 Å². The Labute approximate surface area is 147 Å². The summed E-state index contributed by atoms with van der Waals surface area (Å²) >= 11 is 1.51. The number of hydrogen-bond acceptors (Lipinski definition) is 4. The Balaban J connectivity index is 1.57. The van der Waals surface area contributed by atoms with Crippen molar-refractivity contribution in [2.24, 2.45) is 0 Å². The summed E-state index contributed by atoms with van der Waals surface area (Å²) in [5.41, 5.74) is 1.04. The van der Waals surface area contributed by atoms with Crippen LogP contribution in [-0.4, -0.2) is 31.0 Å². The third kappa shape index (κ3) is 4.29. The molecule has 1 saturated heterocycles. The Hall–Kier alpha value is -2.01. The molecule has 1 aliphatic rings. The van der Waals surface area contributed by atoms with E-state index in [2.05, 4.69) is 0 Å². The maximum absolute atomic E-state index is 12.6. The molecule has 1 aliphatic heterocycles. The third-order valence-electron chi connectivity index (χ3n) is 4.22. The van der Waals surface area contributed by atoms with Gasteiger partial charge in [-0.25, -0.2) is 0 Å². The third-order valence-corrected chi connectivity index (χ3v) is 5.19. The van der Waals surface area contributed by atoms with E-state index in [1.165, 1.54) is 24.2 Å². The monoisotopic (exact) mass is 345 g/mol. The lowest BCUT2D eigenvalue weighted by molar-refractivity contribution is 0.0766. The minimum absolute atomic E-state index is 0.164. The predicted molar refractivity (Wildman–Crippen MR) is 96.0 cm³/mol. The smallest absolute Gasteiger partial charge is 0.263 e. The van der Waals surface area contributed by atoms with Gasteiger partial charge in [-0.1, -0.05) is 12.8 Å². The summed E-state index contributed by atoms with van der Waals surface area (Å²) in [6.45, 7) is 2.24. The van der Waals surface area contributed by atoms with E-state index in [4.69, 9.17) is 9.47 Å². The highest BCUT2D eigenvalue weighted by Gasteiger charge is 2.18. The molecule has 1 fully saturated rings. The molecule has 0 atom stereocenters. The van der Waals surface area contributed by atoms with E-state index in [1.807, 2.05) is 40.6 Å². The summed E-state index contributed by atoms with van der Waals surface area (Å²) in [5.74, 6) is 1.77. The van der Waals surface area contributed by atoms with Crippen molar-refractivity contribution >= 4 is 17.2 Å². The summed E-state index contributed by atoms with van der Waals surface area (Å²) < 4.78 is 10.9. The van der Waals surface area contributed by atoms with Crippen molar-refractivity contribution in [2.45, 2.75) is 32.3 Å². The predicted octanol–water partition coefficient (Wildman–Crippen LogP) is 4.35. The lowest BCUT2D eigenvalue weighted by Gasteiger charge is -2.19. The number of hydrogen-bond donors (Lipinski definition) is 0. The van der Waals surface area contributed by atoms with Crippen molar-refractivity contribution in [3.8, 4) is 11.5 Å². The number of amides is 1. The van der Waals surface area contributed by atoms with E-state index >= 15 is 0 Å². The number of carbonyl (C=O) groups is 1. The van der Waals surface area contributed by atoms with Crippen LogP contribution in [0.2, 0.25) is 0 Å². The van der Waals surface area contributed by atoms with Crippen LogP contribution in [0.5, 0.6) is 11.5 Å². The highest BCUT2D eigenvalue weighted by Crippen LogP contribution is 2.22. The maximum Gasteiger partial charge on any atom is 0.263 e. The molecule has 1 amide bonds. The van der Waals surface area contributed by atoms with Gasteiger partial charge in [0.25, 0.3) is 5.91 Å². The Morgan fingerprint density at radius 1 is 1.08 bits per heavy atom. The molecule has 1 aromatic carbocycles. The molecule has 2 heterocycles. The Morgan fingerprint density at radius 3 is 2.42 bits per heavy atom. The van der Waals surface area contributed by atoms with Crippen LogP contribution in [0.4, 0.5) is 0 Å². The average Bonchev–Trinajstić information content (AvgIpc) is 2.93. The molecule has 0 aliphatic carbocycles. The molecule has 1 aromatic heterocycles. The number of likely N-dealkylation sites (tertiary alicyclic amines) is 1. The van der Waals surface area contributed by atoms with Crippen LogP contribution >= 0.6 is 11.3 Å². The molecule has 24 heavy (non-hydrogen) atoms. The molecule has 2 aromatic rings. The highest BCUT2D eigenvalue weighted by atomic mass is 32.1. The minimum atomic E-state index is 0.164. The SMILES string of the molecule is COc1ccc(OCc2csc(C(=O)N3CCCCCC3)c2)cc1. The Kier molecular flexibility index (Phi) is 5.75. The van der Waals surface area contributed by atoms with Gasteiger partial charge >= 0.3 is 0 Å². The number of carbonyl (C=O) groups excluding carboxylic acids is 1. The van der Waals surface area contributed by atoms with Gasteiger partial charge in [-0.2, -0.15) is 0 Å². The zero-order valence-corrected chi connectivity index (χ0v) is 14.8. The van der Waals surface area contributed by atoms with Crippen molar-refractivity contribution in [1.82, 2.24) is 4.90 Å². The molecule has 5 heteroatoms. The fourth-order valence-corrected chi connectivity index (χ4v) is 3.70. The van der Waals surface area contributed by atoms with E-state index in [9.17, 15) is 4.79 Å². The van der Waals surface area contributed by atoms with Crippen molar-refractivity contribution in [2.75, 3.05) is 20.2 Å². The second kappa shape index (κ2) is 8.20. The molecular formula is C19H23NO3S. The normalized spacial score (nSPS) is 15.0. The summed E-state index contributed by atoms with van der Waals surface area (Å²) in [4.78, 5) is 15.4. The molecule has 128 valence electrons. The molecule has 0 saturated carbocycles. The number of rotatable bonds is 5. The Bertz CT molecular complexity index is 658. The molecule has 0 radical (unpaired) electrons. The average molecular weight is 345 g/mol. The van der Waals surface area contributed by atoms with Gasteiger partial charge in [-0.05, 0) is 48.6 Å². The van der Waals surface area contributed by atoms with E-state index in [0.717, 1.165) is 47.9 Å². The molecule has 3 rings (SSSR count). The fraction of sp³-hybridized carbons (Fsp3) is 0.421.